The maximum Gasteiger partial charge on any atom is 0.426 e. The fraction of sp³-hybridized carbons (Fsp3) is 0.656. The van der Waals surface area contributed by atoms with Gasteiger partial charge in [-0.1, -0.05) is 58.2 Å². The van der Waals surface area contributed by atoms with Gasteiger partial charge in [-0.3, -0.25) is 0 Å². The van der Waals surface area contributed by atoms with Gasteiger partial charge in [0.25, 0.3) is 5.60 Å². The van der Waals surface area contributed by atoms with Crippen LogP contribution in [0.5, 0.6) is 0 Å². The SMILES string of the molecule is C=C(C(=O)OC1CC(C(C)(C)O)CC(C(O)(C(F)(F)F)C(F)(F)F)C1)C(F)(F)F.C=Cc1cc(C(C)(C)C)cc(C(C)(C(F)(F)F)C(F)(F)F)c1. The zero-order valence-electron chi connectivity index (χ0n) is 28.0. The average molecular weight is 771 g/mol. The number of rotatable bonds is 6. The number of aliphatic hydroxyl groups is 2. The molecule has 4 nitrogen and oxygen atoms in total. The average Bonchev–Trinajstić information content (AvgIpc) is 2.91. The van der Waals surface area contributed by atoms with Crippen LogP contribution in [0.25, 0.3) is 6.08 Å². The van der Waals surface area contributed by atoms with Gasteiger partial charge >= 0.3 is 36.9 Å². The Balaban J connectivity index is 0.000000530. The Labute approximate surface area is 283 Å². The number of halogens is 15. The summed E-state index contributed by atoms with van der Waals surface area (Å²) in [6, 6.07) is 3.42. The van der Waals surface area contributed by atoms with Crippen molar-refractivity contribution in [3.63, 3.8) is 0 Å². The Kier molecular flexibility index (Phi) is 13.1. The first-order valence-electron chi connectivity index (χ1n) is 14.7. The van der Waals surface area contributed by atoms with Crippen molar-refractivity contribution < 1.29 is 85.6 Å². The molecule has 3 atom stereocenters. The van der Waals surface area contributed by atoms with Gasteiger partial charge < -0.3 is 14.9 Å². The molecule has 0 spiro atoms. The van der Waals surface area contributed by atoms with E-state index in [0.29, 0.717) is 5.56 Å². The molecule has 0 saturated heterocycles. The summed E-state index contributed by atoms with van der Waals surface area (Å²) in [5, 5.41) is 19.7. The van der Waals surface area contributed by atoms with E-state index in [2.05, 4.69) is 17.9 Å². The summed E-state index contributed by atoms with van der Waals surface area (Å²) in [4.78, 5) is 11.6. The van der Waals surface area contributed by atoms with E-state index < -0.39 is 107 Å². The standard InChI is InChI=1S/C16H19F9O4.C16H18F6/c1-7(14(17,18)19)11(26)29-10-5-8(12(2,3)27)4-9(6-10)13(28,15(20,21)22)16(23,24)25;1-6-10-7-11(13(2,3)4)9-12(8-10)14(5,15(17,18)19)16(20,21)22/h8-10,27-28H,1,4-6H2,2-3H3;6-9H,1H2,2-5H3. The number of benzene rings is 1. The first kappa shape index (κ1) is 46.1. The quantitative estimate of drug-likeness (QED) is 0.172. The second-order valence-electron chi connectivity index (χ2n) is 13.9. The van der Waals surface area contributed by atoms with Crippen molar-refractivity contribution >= 4 is 12.0 Å². The summed E-state index contributed by atoms with van der Waals surface area (Å²) < 4.78 is 200. The van der Waals surface area contributed by atoms with Gasteiger partial charge in [0, 0.05) is 5.92 Å². The zero-order valence-corrected chi connectivity index (χ0v) is 28.0. The molecule has 0 bridgehead atoms. The highest BCUT2D eigenvalue weighted by Crippen LogP contribution is 2.54. The monoisotopic (exact) mass is 770 g/mol. The predicted molar refractivity (Wildman–Crippen MR) is 154 cm³/mol. The molecule has 0 radical (unpaired) electrons. The van der Waals surface area contributed by atoms with E-state index >= 15 is 0 Å². The molecule has 1 saturated carbocycles. The highest BCUT2D eigenvalue weighted by atomic mass is 19.4. The molecule has 3 unspecified atom stereocenters. The summed E-state index contributed by atoms with van der Waals surface area (Å²) >= 11 is 0. The Morgan fingerprint density at radius 3 is 1.43 bits per heavy atom. The van der Waals surface area contributed by atoms with E-state index in [9.17, 15) is 80.9 Å². The number of carbonyl (C=O) groups excluding carboxylic acids is 1. The lowest BCUT2D eigenvalue weighted by Gasteiger charge is -2.46. The first-order chi connectivity index (χ1) is 22.3. The molecule has 1 aliphatic carbocycles. The maximum atomic E-state index is 13.2. The number of hydrogen-bond acceptors (Lipinski definition) is 4. The van der Waals surface area contributed by atoms with Crippen molar-refractivity contribution in [3.05, 3.63) is 53.6 Å². The van der Waals surface area contributed by atoms with Crippen molar-refractivity contribution in [2.45, 2.75) is 120 Å². The van der Waals surface area contributed by atoms with Crippen LogP contribution in [0.4, 0.5) is 65.9 Å². The van der Waals surface area contributed by atoms with Gasteiger partial charge in [-0.25, -0.2) is 4.79 Å². The van der Waals surface area contributed by atoms with Crippen LogP contribution in [-0.4, -0.2) is 64.4 Å². The van der Waals surface area contributed by atoms with E-state index in [4.69, 9.17) is 0 Å². The highest BCUT2D eigenvalue weighted by molar-refractivity contribution is 5.89. The van der Waals surface area contributed by atoms with Crippen LogP contribution in [0.1, 0.15) is 77.5 Å². The Morgan fingerprint density at radius 2 is 1.10 bits per heavy atom. The third-order valence-corrected chi connectivity index (χ3v) is 8.75. The lowest BCUT2D eigenvalue weighted by Crippen LogP contribution is -2.63. The van der Waals surface area contributed by atoms with Gasteiger partial charge in [-0.2, -0.15) is 65.9 Å². The Bertz CT molecular complexity index is 1370. The van der Waals surface area contributed by atoms with Gasteiger partial charge in [0.2, 0.25) is 0 Å². The molecule has 0 aliphatic heterocycles. The van der Waals surface area contributed by atoms with Crippen LogP contribution in [0, 0.1) is 11.8 Å². The number of esters is 1. The molecule has 0 amide bonds. The lowest BCUT2D eigenvalue weighted by atomic mass is 9.67. The van der Waals surface area contributed by atoms with Crippen LogP contribution in [-0.2, 0) is 20.4 Å². The molecule has 1 aromatic rings. The minimum atomic E-state index is -6.18. The van der Waals surface area contributed by atoms with Gasteiger partial charge in [-0.15, -0.1) is 0 Å². The van der Waals surface area contributed by atoms with Crippen LogP contribution < -0.4 is 0 Å². The molecular formula is C32H37F15O4. The number of ether oxygens (including phenoxy) is 1. The van der Waals surface area contributed by atoms with Gasteiger partial charge in [0.15, 0.2) is 5.41 Å². The number of alkyl halides is 15. The maximum absolute atomic E-state index is 13.2. The second kappa shape index (κ2) is 14.5. The topological polar surface area (TPSA) is 66.8 Å². The van der Waals surface area contributed by atoms with Crippen molar-refractivity contribution in [3.8, 4) is 0 Å². The van der Waals surface area contributed by atoms with Crippen molar-refractivity contribution in [2.75, 3.05) is 0 Å². The molecule has 0 aromatic heterocycles. The summed E-state index contributed by atoms with van der Waals surface area (Å²) in [5.74, 6) is -6.06. The van der Waals surface area contributed by atoms with Crippen LogP contribution in [0.3, 0.4) is 0 Å². The van der Waals surface area contributed by atoms with Gasteiger partial charge in [-0.05, 0) is 68.1 Å². The molecule has 1 fully saturated rings. The first-order valence-corrected chi connectivity index (χ1v) is 14.7. The summed E-state index contributed by atoms with van der Waals surface area (Å²) in [6.45, 7) is 13.3. The van der Waals surface area contributed by atoms with Crippen molar-refractivity contribution in [1.29, 1.82) is 0 Å². The Morgan fingerprint density at radius 1 is 0.686 bits per heavy atom. The van der Waals surface area contributed by atoms with Crippen molar-refractivity contribution in [2.24, 2.45) is 11.8 Å². The summed E-state index contributed by atoms with van der Waals surface area (Å²) in [5.41, 5.74) is -13.8. The number of carbonyl (C=O) groups is 1. The fourth-order valence-electron chi connectivity index (χ4n) is 5.22. The Hall–Kier alpha value is -2.96. The molecule has 2 rings (SSSR count). The van der Waals surface area contributed by atoms with E-state index in [0.717, 1.165) is 26.0 Å². The van der Waals surface area contributed by atoms with E-state index in [1.54, 1.807) is 26.8 Å². The number of hydrogen-bond donors (Lipinski definition) is 2. The molecular weight excluding hydrogens is 733 g/mol. The van der Waals surface area contributed by atoms with Crippen LogP contribution >= 0.6 is 0 Å². The van der Waals surface area contributed by atoms with Gasteiger partial charge in [0.1, 0.15) is 11.7 Å². The van der Waals surface area contributed by atoms with E-state index in [-0.39, 0.29) is 12.5 Å². The summed E-state index contributed by atoms with van der Waals surface area (Å²) in [7, 11) is 0. The molecule has 294 valence electrons. The van der Waals surface area contributed by atoms with Gasteiger partial charge in [0.05, 0.1) is 5.60 Å². The minimum absolute atomic E-state index is 0.168. The zero-order chi connectivity index (χ0) is 40.8. The molecule has 1 aromatic carbocycles. The third-order valence-electron chi connectivity index (χ3n) is 8.75. The fourth-order valence-corrected chi connectivity index (χ4v) is 5.22. The van der Waals surface area contributed by atoms with Crippen LogP contribution in [0.2, 0.25) is 0 Å². The lowest BCUT2D eigenvalue weighted by molar-refractivity contribution is -0.390. The van der Waals surface area contributed by atoms with E-state index in [1.165, 1.54) is 6.08 Å². The molecule has 0 heterocycles. The minimum Gasteiger partial charge on any atom is -0.459 e. The molecule has 1 aliphatic rings. The second-order valence-corrected chi connectivity index (χ2v) is 13.9. The smallest absolute Gasteiger partial charge is 0.426 e. The third kappa shape index (κ3) is 10.1. The molecule has 2 N–H and O–H groups in total. The van der Waals surface area contributed by atoms with Crippen molar-refractivity contribution in [1.82, 2.24) is 0 Å². The predicted octanol–water partition coefficient (Wildman–Crippen LogP) is 10.1. The van der Waals surface area contributed by atoms with Crippen LogP contribution in [0.15, 0.2) is 36.9 Å². The normalized spacial score (nSPS) is 20.3. The highest BCUT2D eigenvalue weighted by Gasteiger charge is 2.74. The van der Waals surface area contributed by atoms with E-state index in [1.807, 2.05) is 0 Å². The largest absolute Gasteiger partial charge is 0.459 e. The summed E-state index contributed by atoms with van der Waals surface area (Å²) in [6.07, 6.45) is -31.8. The molecule has 19 heteroatoms. The molecule has 51 heavy (non-hydrogen) atoms.